The Balaban J connectivity index is 1.50. The van der Waals surface area contributed by atoms with E-state index in [1.165, 1.54) is 12.8 Å². The monoisotopic (exact) mass is 310 g/mol. The van der Waals surface area contributed by atoms with Crippen LogP contribution in [-0.4, -0.2) is 61.4 Å². The minimum absolute atomic E-state index is 0.245. The van der Waals surface area contributed by atoms with Crippen molar-refractivity contribution in [2.24, 2.45) is 10.8 Å². The summed E-state index contributed by atoms with van der Waals surface area (Å²) in [6.45, 7) is 7.47. The van der Waals surface area contributed by atoms with Crippen molar-refractivity contribution in [1.29, 1.82) is 0 Å². The second-order valence-corrected chi connectivity index (χ2v) is 7.65. The summed E-state index contributed by atoms with van der Waals surface area (Å²) < 4.78 is 5.76. The van der Waals surface area contributed by atoms with Gasteiger partial charge in [-0.3, -0.25) is 4.79 Å². The van der Waals surface area contributed by atoms with Gasteiger partial charge in [0.1, 0.15) is 0 Å². The zero-order valence-corrected chi connectivity index (χ0v) is 13.8. The van der Waals surface area contributed by atoms with Gasteiger partial charge in [0.15, 0.2) is 0 Å². The second-order valence-electron chi connectivity index (χ2n) is 7.65. The van der Waals surface area contributed by atoms with Gasteiger partial charge in [0.2, 0.25) is 0 Å². The highest BCUT2D eigenvalue weighted by molar-refractivity contribution is 5.78. The summed E-state index contributed by atoms with van der Waals surface area (Å²) in [5.41, 5.74) is -0.179. The number of rotatable bonds is 9. The third-order valence-electron chi connectivity index (χ3n) is 5.71. The van der Waals surface area contributed by atoms with Crippen LogP contribution in [0.15, 0.2) is 0 Å². The number of piperidine rings is 1. The largest absolute Gasteiger partial charge is 0.481 e. The summed E-state index contributed by atoms with van der Waals surface area (Å²) in [7, 11) is 0. The molecule has 2 saturated carbocycles. The van der Waals surface area contributed by atoms with Crippen LogP contribution in [0.4, 0.5) is 0 Å². The summed E-state index contributed by atoms with van der Waals surface area (Å²) >= 11 is 0. The summed E-state index contributed by atoms with van der Waals surface area (Å²) in [5, 5.41) is 13.0. The van der Waals surface area contributed by atoms with Gasteiger partial charge in [0.05, 0.1) is 12.0 Å². The molecular weight excluding hydrogens is 280 g/mol. The molecule has 1 heterocycles. The summed E-state index contributed by atoms with van der Waals surface area (Å²) in [4.78, 5) is 13.7. The Hall–Kier alpha value is -0.650. The van der Waals surface area contributed by atoms with E-state index in [1.807, 2.05) is 0 Å². The van der Waals surface area contributed by atoms with Crippen molar-refractivity contribution in [1.82, 2.24) is 10.2 Å². The van der Waals surface area contributed by atoms with E-state index >= 15 is 0 Å². The van der Waals surface area contributed by atoms with E-state index in [9.17, 15) is 9.90 Å². The van der Waals surface area contributed by atoms with Gasteiger partial charge in [0, 0.05) is 31.2 Å². The van der Waals surface area contributed by atoms with Gasteiger partial charge < -0.3 is 20.1 Å². The number of carboxylic acids is 1. The van der Waals surface area contributed by atoms with Crippen LogP contribution in [0.5, 0.6) is 0 Å². The van der Waals surface area contributed by atoms with Crippen LogP contribution in [0.2, 0.25) is 0 Å². The molecule has 0 aromatic heterocycles. The van der Waals surface area contributed by atoms with Crippen molar-refractivity contribution in [3.05, 3.63) is 0 Å². The van der Waals surface area contributed by atoms with E-state index in [-0.39, 0.29) is 5.41 Å². The molecule has 22 heavy (non-hydrogen) atoms. The summed E-state index contributed by atoms with van der Waals surface area (Å²) in [6.07, 6.45) is 6.57. The van der Waals surface area contributed by atoms with Crippen molar-refractivity contribution in [3.63, 3.8) is 0 Å². The van der Waals surface area contributed by atoms with E-state index < -0.39 is 11.4 Å². The molecule has 3 rings (SSSR count). The molecule has 2 N–H and O–H groups in total. The molecule has 0 spiro atoms. The minimum atomic E-state index is -0.603. The van der Waals surface area contributed by atoms with Crippen molar-refractivity contribution >= 4 is 5.97 Å². The van der Waals surface area contributed by atoms with Gasteiger partial charge in [-0.15, -0.1) is 0 Å². The predicted octanol–water partition coefficient (Wildman–Crippen LogP) is 1.72. The van der Waals surface area contributed by atoms with Crippen molar-refractivity contribution in [2.75, 3.05) is 39.4 Å². The van der Waals surface area contributed by atoms with E-state index in [0.29, 0.717) is 0 Å². The molecule has 2 aliphatic carbocycles. The molecule has 1 aliphatic heterocycles. The number of ether oxygens (including phenoxy) is 1. The van der Waals surface area contributed by atoms with Crippen LogP contribution in [0.3, 0.4) is 0 Å². The molecule has 3 fully saturated rings. The summed E-state index contributed by atoms with van der Waals surface area (Å²) in [6, 6.07) is 0.735. The lowest BCUT2D eigenvalue weighted by atomic mass is 9.78. The van der Waals surface area contributed by atoms with E-state index in [4.69, 9.17) is 4.74 Å². The van der Waals surface area contributed by atoms with Gasteiger partial charge in [-0.05, 0) is 58.5 Å². The van der Waals surface area contributed by atoms with Crippen LogP contribution in [0, 0.1) is 10.8 Å². The first-order chi connectivity index (χ1) is 10.6. The number of likely N-dealkylation sites (tertiary alicyclic amines) is 1. The molecular formula is C17H30N2O3. The number of carboxylic acid groups (broad SMARTS) is 1. The Bertz CT molecular complexity index is 397. The maximum absolute atomic E-state index is 11.4. The number of nitrogens with zero attached hydrogens (tertiary/aromatic N) is 1. The minimum Gasteiger partial charge on any atom is -0.481 e. The standard InChI is InChI=1S/C17H30N2O3/c1-2-22-13-16(11-18-14-3-4-14)7-9-19(10-8-16)12-17(5-6-17)15(20)21/h14,18H,2-13H2,1H3,(H,20,21). The number of carbonyl (C=O) groups is 1. The highest BCUT2D eigenvalue weighted by Crippen LogP contribution is 2.47. The quantitative estimate of drug-likeness (QED) is 0.679. The van der Waals surface area contributed by atoms with Crippen LogP contribution in [0.1, 0.15) is 45.4 Å². The smallest absolute Gasteiger partial charge is 0.310 e. The molecule has 5 nitrogen and oxygen atoms in total. The second kappa shape index (κ2) is 6.46. The molecule has 0 aromatic rings. The predicted molar refractivity (Wildman–Crippen MR) is 84.9 cm³/mol. The molecule has 0 bridgehead atoms. The molecule has 0 amide bonds. The fourth-order valence-corrected chi connectivity index (χ4v) is 3.54. The van der Waals surface area contributed by atoms with Gasteiger partial charge in [-0.25, -0.2) is 0 Å². The van der Waals surface area contributed by atoms with Crippen molar-refractivity contribution in [3.8, 4) is 0 Å². The van der Waals surface area contributed by atoms with Gasteiger partial charge >= 0.3 is 5.97 Å². The van der Waals surface area contributed by atoms with Gasteiger partial charge in [0.25, 0.3) is 0 Å². The van der Waals surface area contributed by atoms with Crippen LogP contribution in [-0.2, 0) is 9.53 Å². The van der Waals surface area contributed by atoms with Gasteiger partial charge in [-0.2, -0.15) is 0 Å². The Morgan fingerprint density at radius 2 is 1.95 bits per heavy atom. The SMILES string of the molecule is CCOCC1(CNC2CC2)CCN(CC2(C(=O)O)CC2)CC1. The van der Waals surface area contributed by atoms with Crippen LogP contribution in [0.25, 0.3) is 0 Å². The van der Waals surface area contributed by atoms with E-state index in [2.05, 4.69) is 17.1 Å². The molecule has 3 aliphatic rings. The first-order valence-corrected chi connectivity index (χ1v) is 8.84. The highest BCUT2D eigenvalue weighted by Gasteiger charge is 2.51. The number of hydrogen-bond acceptors (Lipinski definition) is 4. The zero-order valence-electron chi connectivity index (χ0n) is 13.8. The first kappa shape index (κ1) is 16.2. The topological polar surface area (TPSA) is 61.8 Å². The summed E-state index contributed by atoms with van der Waals surface area (Å²) in [5.74, 6) is -0.603. The zero-order chi connectivity index (χ0) is 15.6. The fourth-order valence-electron chi connectivity index (χ4n) is 3.54. The van der Waals surface area contributed by atoms with Crippen molar-refractivity contribution < 1.29 is 14.6 Å². The Kier molecular flexibility index (Phi) is 4.76. The lowest BCUT2D eigenvalue weighted by Crippen LogP contribution is -2.49. The van der Waals surface area contributed by atoms with Crippen LogP contribution < -0.4 is 5.32 Å². The molecule has 0 radical (unpaired) electrons. The molecule has 5 heteroatoms. The number of nitrogens with one attached hydrogen (secondary N) is 1. The Morgan fingerprint density at radius 3 is 2.45 bits per heavy atom. The fraction of sp³-hybridized carbons (Fsp3) is 0.941. The lowest BCUT2D eigenvalue weighted by molar-refractivity contribution is -0.144. The third-order valence-corrected chi connectivity index (χ3v) is 5.71. The first-order valence-electron chi connectivity index (χ1n) is 8.84. The maximum Gasteiger partial charge on any atom is 0.310 e. The van der Waals surface area contributed by atoms with Gasteiger partial charge in [-0.1, -0.05) is 0 Å². The molecule has 0 unspecified atom stereocenters. The molecule has 1 saturated heterocycles. The maximum atomic E-state index is 11.4. The van der Waals surface area contributed by atoms with Crippen molar-refractivity contribution in [2.45, 2.75) is 51.5 Å². The molecule has 126 valence electrons. The molecule has 0 aromatic carbocycles. The van der Waals surface area contributed by atoms with E-state index in [1.54, 1.807) is 0 Å². The average molecular weight is 310 g/mol. The average Bonchev–Trinajstić information content (AvgIpc) is 3.40. The van der Waals surface area contributed by atoms with Crippen LogP contribution >= 0.6 is 0 Å². The molecule has 0 atom stereocenters. The lowest BCUT2D eigenvalue weighted by Gasteiger charge is -2.42. The van der Waals surface area contributed by atoms with E-state index in [0.717, 1.165) is 71.1 Å². The normalized spacial score (nSPS) is 26.8. The number of aliphatic carboxylic acids is 1. The third kappa shape index (κ3) is 3.81. The Morgan fingerprint density at radius 1 is 1.27 bits per heavy atom. The highest BCUT2D eigenvalue weighted by atomic mass is 16.5. The Labute approximate surface area is 133 Å². The number of hydrogen-bond donors (Lipinski definition) is 2.